The maximum absolute atomic E-state index is 13.2. The smallest absolute Gasteiger partial charge is 0.322 e. The number of aryl methyl sites for hydroxylation is 2. The van der Waals surface area contributed by atoms with Gasteiger partial charge in [-0.1, -0.05) is 48.5 Å². The summed E-state index contributed by atoms with van der Waals surface area (Å²) in [4.78, 5) is 39.7. The van der Waals surface area contributed by atoms with E-state index in [4.69, 9.17) is 0 Å². The van der Waals surface area contributed by atoms with Crippen LogP contribution in [0.15, 0.2) is 48.5 Å². The lowest BCUT2D eigenvalue weighted by molar-refractivity contribution is -0.133. The van der Waals surface area contributed by atoms with Crippen molar-refractivity contribution in [2.45, 2.75) is 51.1 Å². The average Bonchev–Trinajstić information content (AvgIpc) is 3.34. The van der Waals surface area contributed by atoms with Crippen LogP contribution in [0.5, 0.6) is 0 Å². The molecule has 6 heteroatoms. The molecule has 2 aliphatic heterocycles. The van der Waals surface area contributed by atoms with E-state index in [2.05, 4.69) is 42.7 Å². The predicted octanol–water partition coefficient (Wildman–Crippen LogP) is 3.48. The third-order valence-electron chi connectivity index (χ3n) is 6.41. The van der Waals surface area contributed by atoms with Crippen molar-refractivity contribution in [2.24, 2.45) is 0 Å². The molecule has 0 spiro atoms. The third kappa shape index (κ3) is 3.58. The van der Waals surface area contributed by atoms with Gasteiger partial charge in [-0.15, -0.1) is 0 Å². The average molecular weight is 405 g/mol. The zero-order valence-electron chi connectivity index (χ0n) is 17.4. The summed E-state index contributed by atoms with van der Waals surface area (Å²) in [6.45, 7) is 4.89. The first-order chi connectivity index (χ1) is 14.4. The molecule has 30 heavy (non-hydrogen) atoms. The minimum absolute atomic E-state index is 0.0139. The fourth-order valence-corrected chi connectivity index (χ4v) is 4.56. The molecule has 4 amide bonds. The Morgan fingerprint density at radius 1 is 1.10 bits per heavy atom. The molecule has 2 aliphatic rings. The SMILES string of the molecule is Cc1ccc(C2CCCN2C(=O)CCC2(c3ccccc3)NC(=O)NC2=O)cc1C. The van der Waals surface area contributed by atoms with Crippen molar-refractivity contribution >= 4 is 17.8 Å². The van der Waals surface area contributed by atoms with Crippen molar-refractivity contribution < 1.29 is 14.4 Å². The molecule has 156 valence electrons. The van der Waals surface area contributed by atoms with Crippen LogP contribution in [0.4, 0.5) is 4.79 Å². The van der Waals surface area contributed by atoms with Crippen molar-refractivity contribution in [3.05, 3.63) is 70.8 Å². The molecule has 6 nitrogen and oxygen atoms in total. The van der Waals surface area contributed by atoms with Gasteiger partial charge in [-0.3, -0.25) is 14.9 Å². The summed E-state index contributed by atoms with van der Waals surface area (Å²) in [5.74, 6) is -0.390. The summed E-state index contributed by atoms with van der Waals surface area (Å²) in [6, 6.07) is 15.1. The number of imide groups is 1. The molecule has 2 N–H and O–H groups in total. The number of nitrogens with zero attached hydrogens (tertiary/aromatic N) is 1. The first-order valence-corrected chi connectivity index (χ1v) is 10.5. The minimum atomic E-state index is -1.20. The number of amides is 4. The van der Waals surface area contributed by atoms with Crippen molar-refractivity contribution in [3.8, 4) is 0 Å². The zero-order valence-corrected chi connectivity index (χ0v) is 17.4. The largest absolute Gasteiger partial charge is 0.336 e. The second-order valence-electron chi connectivity index (χ2n) is 8.27. The highest BCUT2D eigenvalue weighted by Crippen LogP contribution is 2.35. The van der Waals surface area contributed by atoms with E-state index in [9.17, 15) is 14.4 Å². The Kier molecular flexibility index (Phi) is 5.33. The fourth-order valence-electron chi connectivity index (χ4n) is 4.56. The Morgan fingerprint density at radius 3 is 2.53 bits per heavy atom. The molecule has 2 unspecified atom stereocenters. The molecule has 2 atom stereocenters. The van der Waals surface area contributed by atoms with Crippen LogP contribution in [0.25, 0.3) is 0 Å². The Balaban J connectivity index is 1.53. The van der Waals surface area contributed by atoms with Gasteiger partial charge in [-0.25, -0.2) is 4.79 Å². The second kappa shape index (κ2) is 7.94. The van der Waals surface area contributed by atoms with Gasteiger partial charge in [0.1, 0.15) is 5.54 Å². The van der Waals surface area contributed by atoms with E-state index in [-0.39, 0.29) is 24.8 Å². The maximum atomic E-state index is 13.2. The molecule has 0 bridgehead atoms. The van der Waals surface area contributed by atoms with Gasteiger partial charge in [0.15, 0.2) is 0 Å². The maximum Gasteiger partial charge on any atom is 0.322 e. The summed E-state index contributed by atoms with van der Waals surface area (Å²) in [6.07, 6.45) is 2.31. The van der Waals surface area contributed by atoms with E-state index in [1.165, 1.54) is 11.1 Å². The number of likely N-dealkylation sites (tertiary alicyclic amines) is 1. The molecular formula is C24H27N3O3. The van der Waals surface area contributed by atoms with Crippen LogP contribution in [0.1, 0.15) is 54.0 Å². The predicted molar refractivity (Wildman–Crippen MR) is 114 cm³/mol. The number of hydrogen-bond acceptors (Lipinski definition) is 3. The Labute approximate surface area is 176 Å². The molecule has 2 saturated heterocycles. The van der Waals surface area contributed by atoms with E-state index in [0.717, 1.165) is 18.4 Å². The molecule has 2 heterocycles. The number of hydrogen-bond donors (Lipinski definition) is 2. The van der Waals surface area contributed by atoms with Gasteiger partial charge >= 0.3 is 6.03 Å². The summed E-state index contributed by atoms with van der Waals surface area (Å²) in [7, 11) is 0. The number of rotatable bonds is 5. The van der Waals surface area contributed by atoms with Gasteiger partial charge in [-0.05, 0) is 55.4 Å². The normalized spacial score (nSPS) is 23.4. The standard InChI is InChI=1S/C24H27N3O3/c1-16-10-11-18(15-17(16)2)20-9-6-14-27(20)21(28)12-13-24(19-7-4-3-5-8-19)22(29)25-23(30)26-24/h3-5,7-8,10-11,15,20H,6,9,12-14H2,1-2H3,(H2,25,26,29,30). The van der Waals surface area contributed by atoms with Crippen molar-refractivity contribution in [1.82, 2.24) is 15.5 Å². The highest BCUT2D eigenvalue weighted by atomic mass is 16.2. The molecule has 2 aromatic carbocycles. The monoisotopic (exact) mass is 405 g/mol. The first kappa shape index (κ1) is 20.1. The van der Waals surface area contributed by atoms with Crippen LogP contribution in [-0.4, -0.2) is 29.3 Å². The van der Waals surface area contributed by atoms with Crippen LogP contribution in [-0.2, 0) is 15.1 Å². The van der Waals surface area contributed by atoms with Crippen LogP contribution >= 0.6 is 0 Å². The number of nitrogens with one attached hydrogen (secondary N) is 2. The lowest BCUT2D eigenvalue weighted by atomic mass is 9.85. The van der Waals surface area contributed by atoms with Gasteiger partial charge in [0.05, 0.1) is 6.04 Å². The lowest BCUT2D eigenvalue weighted by Gasteiger charge is -2.29. The minimum Gasteiger partial charge on any atom is -0.336 e. The molecule has 2 aromatic rings. The molecule has 0 aromatic heterocycles. The summed E-state index contributed by atoms with van der Waals surface area (Å²) < 4.78 is 0. The fraction of sp³-hybridized carbons (Fsp3) is 0.375. The van der Waals surface area contributed by atoms with Crippen molar-refractivity contribution in [1.29, 1.82) is 0 Å². The van der Waals surface area contributed by atoms with Gasteiger partial charge in [0.25, 0.3) is 5.91 Å². The number of urea groups is 1. The summed E-state index contributed by atoms with van der Waals surface area (Å²) in [5, 5.41) is 5.10. The second-order valence-corrected chi connectivity index (χ2v) is 8.27. The third-order valence-corrected chi connectivity index (χ3v) is 6.41. The highest BCUT2D eigenvalue weighted by Gasteiger charge is 2.48. The zero-order chi connectivity index (χ0) is 21.3. The first-order valence-electron chi connectivity index (χ1n) is 10.5. The number of benzene rings is 2. The van der Waals surface area contributed by atoms with E-state index in [1.807, 2.05) is 35.2 Å². The number of carbonyl (C=O) groups is 3. The molecule has 2 fully saturated rings. The lowest BCUT2D eigenvalue weighted by Crippen LogP contribution is -2.45. The topological polar surface area (TPSA) is 78.5 Å². The molecular weight excluding hydrogens is 378 g/mol. The van der Waals surface area contributed by atoms with E-state index in [1.54, 1.807) is 0 Å². The molecule has 0 saturated carbocycles. The van der Waals surface area contributed by atoms with Crippen molar-refractivity contribution in [2.75, 3.05) is 6.54 Å². The Hall–Kier alpha value is -3.15. The molecule has 4 rings (SSSR count). The van der Waals surface area contributed by atoms with Crippen LogP contribution in [0.3, 0.4) is 0 Å². The van der Waals surface area contributed by atoms with Crippen LogP contribution < -0.4 is 10.6 Å². The van der Waals surface area contributed by atoms with Gasteiger partial charge in [-0.2, -0.15) is 0 Å². The Morgan fingerprint density at radius 2 is 1.87 bits per heavy atom. The van der Waals surface area contributed by atoms with Gasteiger partial charge in [0, 0.05) is 13.0 Å². The highest BCUT2D eigenvalue weighted by molar-refractivity contribution is 6.07. The molecule has 0 radical (unpaired) electrons. The van der Waals surface area contributed by atoms with Gasteiger partial charge in [0.2, 0.25) is 5.91 Å². The Bertz CT molecular complexity index is 988. The summed E-state index contributed by atoms with van der Waals surface area (Å²) >= 11 is 0. The number of carbonyl (C=O) groups excluding carboxylic acids is 3. The van der Waals surface area contributed by atoms with Crippen LogP contribution in [0, 0.1) is 13.8 Å². The quantitative estimate of drug-likeness (QED) is 0.748. The van der Waals surface area contributed by atoms with E-state index in [0.29, 0.717) is 12.1 Å². The van der Waals surface area contributed by atoms with Gasteiger partial charge < -0.3 is 10.2 Å². The van der Waals surface area contributed by atoms with E-state index < -0.39 is 17.5 Å². The molecule has 0 aliphatic carbocycles. The summed E-state index contributed by atoms with van der Waals surface area (Å²) in [5.41, 5.74) is 3.11. The van der Waals surface area contributed by atoms with Crippen LogP contribution in [0.2, 0.25) is 0 Å². The van der Waals surface area contributed by atoms with E-state index >= 15 is 0 Å². The van der Waals surface area contributed by atoms with Crippen molar-refractivity contribution in [3.63, 3.8) is 0 Å².